The average Bonchev–Trinajstić information content (AvgIpc) is 2.15. The van der Waals surface area contributed by atoms with Crippen LogP contribution in [0.3, 0.4) is 0 Å². The van der Waals surface area contributed by atoms with Gasteiger partial charge in [-0.2, -0.15) is 0 Å². The van der Waals surface area contributed by atoms with Gasteiger partial charge in [-0.15, -0.1) is 0 Å². The van der Waals surface area contributed by atoms with E-state index >= 15 is 0 Å². The van der Waals surface area contributed by atoms with Crippen molar-refractivity contribution in [3.63, 3.8) is 0 Å². The Morgan fingerprint density at radius 3 is 2.86 bits per heavy atom. The molecule has 0 aliphatic carbocycles. The van der Waals surface area contributed by atoms with Gasteiger partial charge in [0.15, 0.2) is 0 Å². The normalized spacial score (nSPS) is 9.86. The van der Waals surface area contributed by atoms with Crippen molar-refractivity contribution in [1.82, 2.24) is 0 Å². The number of nitro benzene ring substituents is 1. The molecule has 4 nitrogen and oxygen atoms in total. The Hall–Kier alpha value is -0.850. The fourth-order valence-corrected chi connectivity index (χ4v) is 1.54. The number of anilines is 1. The van der Waals surface area contributed by atoms with Crippen LogP contribution < -0.4 is 5.32 Å². The first-order chi connectivity index (χ1) is 6.65. The van der Waals surface area contributed by atoms with Gasteiger partial charge < -0.3 is 5.32 Å². The van der Waals surface area contributed by atoms with Crippen LogP contribution in [0.4, 0.5) is 11.4 Å². The van der Waals surface area contributed by atoms with E-state index in [0.717, 1.165) is 16.5 Å². The van der Waals surface area contributed by atoms with Crippen molar-refractivity contribution in [2.24, 2.45) is 0 Å². The van der Waals surface area contributed by atoms with Crippen molar-refractivity contribution in [3.05, 3.63) is 31.9 Å². The smallest absolute Gasteiger partial charge is 0.293 e. The molecule has 0 aliphatic rings. The second-order valence-electron chi connectivity index (χ2n) is 2.85. The maximum Gasteiger partial charge on any atom is 0.293 e. The van der Waals surface area contributed by atoms with E-state index in [0.29, 0.717) is 5.69 Å². The van der Waals surface area contributed by atoms with Gasteiger partial charge in [-0.3, -0.25) is 10.1 Å². The highest BCUT2D eigenvalue weighted by Crippen LogP contribution is 2.25. The van der Waals surface area contributed by atoms with E-state index in [1.165, 1.54) is 0 Å². The molecule has 14 heavy (non-hydrogen) atoms. The predicted molar refractivity (Wildman–Crippen MR) is 64.6 cm³/mol. The second kappa shape index (κ2) is 5.14. The Kier molecular flexibility index (Phi) is 4.12. The Morgan fingerprint density at radius 1 is 1.57 bits per heavy atom. The first-order valence-electron chi connectivity index (χ1n) is 4.33. The topological polar surface area (TPSA) is 55.2 Å². The van der Waals surface area contributed by atoms with Crippen LogP contribution in [0.2, 0.25) is 0 Å². The summed E-state index contributed by atoms with van der Waals surface area (Å²) in [4.78, 5) is 10.3. The van der Waals surface area contributed by atoms with Crippen molar-refractivity contribution in [1.29, 1.82) is 0 Å². The summed E-state index contributed by atoms with van der Waals surface area (Å²) in [6, 6.07) is 5.17. The molecule has 0 amide bonds. The molecule has 0 radical (unpaired) electrons. The van der Waals surface area contributed by atoms with Crippen molar-refractivity contribution < 1.29 is 4.92 Å². The molecule has 0 saturated heterocycles. The molecule has 0 aliphatic heterocycles. The molecular formula is C9H11IN2O2. The number of nitrogens with one attached hydrogen (secondary N) is 1. The minimum Gasteiger partial charge on any atom is -0.380 e. The van der Waals surface area contributed by atoms with Crippen LogP contribution in [0.15, 0.2) is 18.2 Å². The number of rotatable bonds is 4. The molecule has 1 rings (SSSR count). The van der Waals surface area contributed by atoms with Crippen LogP contribution in [-0.2, 0) is 0 Å². The third-order valence-electron chi connectivity index (χ3n) is 1.72. The predicted octanol–water partition coefficient (Wildman–Crippen LogP) is 3.02. The minimum atomic E-state index is -0.361. The Balaban J connectivity index is 2.96. The molecule has 0 heterocycles. The molecule has 0 fully saturated rings. The fourth-order valence-electron chi connectivity index (χ4n) is 1.07. The summed E-state index contributed by atoms with van der Waals surface area (Å²) in [6.45, 7) is 2.77. The van der Waals surface area contributed by atoms with Gasteiger partial charge in [-0.1, -0.05) is 6.92 Å². The largest absolute Gasteiger partial charge is 0.380 e. The molecule has 76 valence electrons. The lowest BCUT2D eigenvalue weighted by atomic mass is 10.2. The molecule has 0 spiro atoms. The van der Waals surface area contributed by atoms with Crippen LogP contribution in [0.25, 0.3) is 0 Å². The van der Waals surface area contributed by atoms with Crippen LogP contribution in [0.5, 0.6) is 0 Å². The van der Waals surface area contributed by atoms with Gasteiger partial charge in [0.1, 0.15) is 5.69 Å². The van der Waals surface area contributed by atoms with Crippen molar-refractivity contribution >= 4 is 34.0 Å². The van der Waals surface area contributed by atoms with Crippen LogP contribution in [0.1, 0.15) is 13.3 Å². The van der Waals surface area contributed by atoms with Gasteiger partial charge in [0, 0.05) is 16.2 Å². The van der Waals surface area contributed by atoms with E-state index in [9.17, 15) is 10.1 Å². The molecule has 1 aromatic rings. The number of benzene rings is 1. The van der Waals surface area contributed by atoms with Crippen LogP contribution in [0, 0.1) is 13.7 Å². The van der Waals surface area contributed by atoms with E-state index < -0.39 is 0 Å². The number of hydrogen-bond acceptors (Lipinski definition) is 3. The quantitative estimate of drug-likeness (QED) is 0.528. The van der Waals surface area contributed by atoms with E-state index in [-0.39, 0.29) is 10.6 Å². The average molecular weight is 306 g/mol. The van der Waals surface area contributed by atoms with Gasteiger partial charge in [-0.25, -0.2) is 0 Å². The Morgan fingerprint density at radius 2 is 2.29 bits per heavy atom. The van der Waals surface area contributed by atoms with E-state index in [1.807, 2.05) is 13.0 Å². The second-order valence-corrected chi connectivity index (χ2v) is 4.09. The number of hydrogen-bond donors (Lipinski definition) is 1. The van der Waals surface area contributed by atoms with Gasteiger partial charge in [-0.05, 0) is 41.1 Å². The molecule has 5 heteroatoms. The first kappa shape index (κ1) is 11.2. The highest BCUT2D eigenvalue weighted by atomic mass is 127. The molecule has 0 saturated carbocycles. The van der Waals surface area contributed by atoms with Gasteiger partial charge in [0.2, 0.25) is 0 Å². The van der Waals surface area contributed by atoms with Gasteiger partial charge >= 0.3 is 0 Å². The number of halogens is 1. The summed E-state index contributed by atoms with van der Waals surface area (Å²) < 4.78 is 0.872. The highest BCUT2D eigenvalue weighted by molar-refractivity contribution is 14.1. The zero-order valence-corrected chi connectivity index (χ0v) is 9.95. The standard InChI is InChI=1S/C9H11IN2O2/c1-2-5-11-8-4-3-7(10)6-9(8)12(13)14/h3-4,6,11H,2,5H2,1H3. The molecule has 1 aromatic carbocycles. The van der Waals surface area contributed by atoms with Gasteiger partial charge in [0.25, 0.3) is 5.69 Å². The lowest BCUT2D eigenvalue weighted by Crippen LogP contribution is -2.03. The minimum absolute atomic E-state index is 0.144. The molecule has 0 bridgehead atoms. The van der Waals surface area contributed by atoms with Crippen molar-refractivity contribution in [3.8, 4) is 0 Å². The summed E-state index contributed by atoms with van der Waals surface area (Å²) in [7, 11) is 0. The van der Waals surface area contributed by atoms with Crippen molar-refractivity contribution in [2.75, 3.05) is 11.9 Å². The van der Waals surface area contributed by atoms with E-state index in [2.05, 4.69) is 27.9 Å². The van der Waals surface area contributed by atoms with Gasteiger partial charge in [0.05, 0.1) is 4.92 Å². The molecule has 0 aromatic heterocycles. The van der Waals surface area contributed by atoms with Crippen LogP contribution >= 0.6 is 22.6 Å². The lowest BCUT2D eigenvalue weighted by molar-refractivity contribution is -0.384. The monoisotopic (exact) mass is 306 g/mol. The fraction of sp³-hybridized carbons (Fsp3) is 0.333. The number of nitro groups is 1. The molecule has 1 N–H and O–H groups in total. The highest BCUT2D eigenvalue weighted by Gasteiger charge is 2.12. The maximum absolute atomic E-state index is 10.7. The SMILES string of the molecule is CCCNc1ccc(I)cc1[N+](=O)[O-]. The Labute approximate surface area is 96.0 Å². The third kappa shape index (κ3) is 2.83. The number of nitrogens with zero attached hydrogens (tertiary/aromatic N) is 1. The summed E-state index contributed by atoms with van der Waals surface area (Å²) in [5, 5.41) is 13.7. The summed E-state index contributed by atoms with van der Waals surface area (Å²) in [5.41, 5.74) is 0.739. The zero-order valence-electron chi connectivity index (χ0n) is 7.79. The molecule has 0 unspecified atom stereocenters. The molecule has 0 atom stereocenters. The first-order valence-corrected chi connectivity index (χ1v) is 5.41. The zero-order chi connectivity index (χ0) is 10.6. The van der Waals surface area contributed by atoms with Crippen LogP contribution in [-0.4, -0.2) is 11.5 Å². The maximum atomic E-state index is 10.7. The third-order valence-corrected chi connectivity index (χ3v) is 2.39. The van der Waals surface area contributed by atoms with Crippen molar-refractivity contribution in [2.45, 2.75) is 13.3 Å². The summed E-state index contributed by atoms with van der Waals surface area (Å²) in [5.74, 6) is 0. The van der Waals surface area contributed by atoms with E-state index in [4.69, 9.17) is 0 Å². The summed E-state index contributed by atoms with van der Waals surface area (Å²) in [6.07, 6.45) is 0.948. The van der Waals surface area contributed by atoms with E-state index in [1.54, 1.807) is 12.1 Å². The molecular weight excluding hydrogens is 295 g/mol. The summed E-state index contributed by atoms with van der Waals surface area (Å²) >= 11 is 2.06. The lowest BCUT2D eigenvalue weighted by Gasteiger charge is -2.05. The Bertz CT molecular complexity index is 342.